The van der Waals surface area contributed by atoms with E-state index in [1.54, 1.807) is 42.5 Å². The van der Waals surface area contributed by atoms with E-state index >= 15 is 0 Å². The number of nitrogens with one attached hydrogen (secondary N) is 1. The summed E-state index contributed by atoms with van der Waals surface area (Å²) in [5.41, 5.74) is 8.62. The molecule has 0 unspecified atom stereocenters. The first-order valence-corrected chi connectivity index (χ1v) is 8.69. The van der Waals surface area contributed by atoms with Crippen molar-refractivity contribution in [1.82, 2.24) is 5.43 Å². The molecule has 28 heavy (non-hydrogen) atoms. The van der Waals surface area contributed by atoms with Crippen LogP contribution >= 0.6 is 0 Å². The minimum Gasteiger partial charge on any atom is -0.493 e. The molecule has 0 heterocycles. The number of hydrazone groups is 1. The molecular weight excluding hydrogens is 362 g/mol. The Morgan fingerprint density at radius 2 is 1.86 bits per heavy atom. The molecule has 8 heteroatoms. The SMILES string of the molecule is CCCOc1ccc(C(=O)N/N=C/c2ccc(OCC(N)=O)cc2)cc1OC. The third-order valence-electron chi connectivity index (χ3n) is 3.53. The van der Waals surface area contributed by atoms with Crippen LogP contribution in [-0.4, -0.2) is 38.4 Å². The summed E-state index contributed by atoms with van der Waals surface area (Å²) in [5.74, 6) is 0.657. The van der Waals surface area contributed by atoms with E-state index in [1.807, 2.05) is 6.92 Å². The number of hydrogen-bond acceptors (Lipinski definition) is 6. The summed E-state index contributed by atoms with van der Waals surface area (Å²) in [6, 6.07) is 11.7. The van der Waals surface area contributed by atoms with Crippen molar-refractivity contribution in [3.63, 3.8) is 0 Å². The Morgan fingerprint density at radius 1 is 1.11 bits per heavy atom. The maximum atomic E-state index is 12.2. The van der Waals surface area contributed by atoms with Crippen molar-refractivity contribution in [3.05, 3.63) is 53.6 Å². The van der Waals surface area contributed by atoms with E-state index in [0.717, 1.165) is 12.0 Å². The average molecular weight is 385 g/mol. The van der Waals surface area contributed by atoms with E-state index in [2.05, 4.69) is 10.5 Å². The fraction of sp³-hybridized carbons (Fsp3) is 0.250. The van der Waals surface area contributed by atoms with Crippen LogP contribution in [0.3, 0.4) is 0 Å². The first kappa shape index (κ1) is 20.8. The van der Waals surface area contributed by atoms with Crippen LogP contribution in [0, 0.1) is 0 Å². The highest BCUT2D eigenvalue weighted by Crippen LogP contribution is 2.28. The van der Waals surface area contributed by atoms with E-state index in [4.69, 9.17) is 19.9 Å². The Bertz CT molecular complexity index is 834. The van der Waals surface area contributed by atoms with Crippen molar-refractivity contribution >= 4 is 18.0 Å². The molecular formula is C20H23N3O5. The Morgan fingerprint density at radius 3 is 2.50 bits per heavy atom. The molecule has 0 aromatic heterocycles. The van der Waals surface area contributed by atoms with Gasteiger partial charge in [0, 0.05) is 5.56 Å². The van der Waals surface area contributed by atoms with Crippen molar-refractivity contribution in [1.29, 1.82) is 0 Å². The Balaban J connectivity index is 1.94. The van der Waals surface area contributed by atoms with Gasteiger partial charge in [-0.15, -0.1) is 0 Å². The summed E-state index contributed by atoms with van der Waals surface area (Å²) < 4.78 is 16.0. The van der Waals surface area contributed by atoms with Gasteiger partial charge in [-0.1, -0.05) is 6.92 Å². The second-order valence-corrected chi connectivity index (χ2v) is 5.74. The van der Waals surface area contributed by atoms with Gasteiger partial charge in [-0.25, -0.2) is 5.43 Å². The lowest BCUT2D eigenvalue weighted by molar-refractivity contribution is -0.119. The molecule has 0 spiro atoms. The standard InChI is InChI=1S/C20H23N3O5/c1-3-10-27-17-9-6-15(11-18(17)26-2)20(25)23-22-12-14-4-7-16(8-5-14)28-13-19(21)24/h4-9,11-12H,3,10,13H2,1-2H3,(H2,21,24)(H,23,25)/b22-12+. The van der Waals surface area contributed by atoms with Gasteiger partial charge in [-0.2, -0.15) is 5.10 Å². The van der Waals surface area contributed by atoms with Crippen molar-refractivity contribution < 1.29 is 23.8 Å². The minimum absolute atomic E-state index is 0.185. The number of ether oxygens (including phenoxy) is 3. The third kappa shape index (κ3) is 6.31. The van der Waals surface area contributed by atoms with Crippen LogP contribution in [0.4, 0.5) is 0 Å². The predicted octanol–water partition coefficient (Wildman–Crippen LogP) is 2.11. The Hall–Kier alpha value is -3.55. The lowest BCUT2D eigenvalue weighted by atomic mass is 10.2. The molecule has 0 aliphatic rings. The number of rotatable bonds is 10. The van der Waals surface area contributed by atoms with E-state index in [1.165, 1.54) is 13.3 Å². The summed E-state index contributed by atoms with van der Waals surface area (Å²) in [4.78, 5) is 22.9. The fourth-order valence-electron chi connectivity index (χ4n) is 2.17. The number of methoxy groups -OCH3 is 1. The molecule has 3 N–H and O–H groups in total. The van der Waals surface area contributed by atoms with Crippen LogP contribution in [0.2, 0.25) is 0 Å². The zero-order chi connectivity index (χ0) is 20.4. The Labute approximate surface area is 163 Å². The van der Waals surface area contributed by atoms with E-state index in [0.29, 0.717) is 29.4 Å². The van der Waals surface area contributed by atoms with Crippen molar-refractivity contribution in [2.75, 3.05) is 20.3 Å². The zero-order valence-electron chi connectivity index (χ0n) is 15.8. The molecule has 0 aliphatic heterocycles. The van der Waals surface area contributed by atoms with Crippen molar-refractivity contribution in [2.45, 2.75) is 13.3 Å². The summed E-state index contributed by atoms with van der Waals surface area (Å²) in [6.07, 6.45) is 2.37. The lowest BCUT2D eigenvalue weighted by Gasteiger charge is -2.11. The summed E-state index contributed by atoms with van der Waals surface area (Å²) in [6.45, 7) is 2.39. The second-order valence-electron chi connectivity index (χ2n) is 5.74. The first-order chi connectivity index (χ1) is 13.5. The van der Waals surface area contributed by atoms with Gasteiger partial charge in [0.05, 0.1) is 19.9 Å². The average Bonchev–Trinajstić information content (AvgIpc) is 2.71. The number of carbonyl (C=O) groups excluding carboxylic acids is 2. The van der Waals surface area contributed by atoms with Gasteiger partial charge in [-0.05, 0) is 54.4 Å². The van der Waals surface area contributed by atoms with Gasteiger partial charge in [0.2, 0.25) is 0 Å². The van der Waals surface area contributed by atoms with E-state index in [9.17, 15) is 9.59 Å². The monoisotopic (exact) mass is 385 g/mol. The number of primary amides is 1. The first-order valence-electron chi connectivity index (χ1n) is 8.69. The van der Waals surface area contributed by atoms with Crippen LogP contribution < -0.4 is 25.4 Å². The molecule has 0 bridgehead atoms. The van der Waals surface area contributed by atoms with Gasteiger partial charge in [-0.3, -0.25) is 9.59 Å². The highest BCUT2D eigenvalue weighted by molar-refractivity contribution is 5.95. The van der Waals surface area contributed by atoms with Gasteiger partial charge in [0.25, 0.3) is 11.8 Å². The molecule has 2 rings (SSSR count). The number of nitrogens with zero attached hydrogens (tertiary/aromatic N) is 1. The molecule has 0 saturated heterocycles. The molecule has 0 atom stereocenters. The van der Waals surface area contributed by atoms with E-state index < -0.39 is 5.91 Å². The normalized spacial score (nSPS) is 10.5. The van der Waals surface area contributed by atoms with E-state index in [-0.39, 0.29) is 12.5 Å². The van der Waals surface area contributed by atoms with Gasteiger partial charge in [0.1, 0.15) is 5.75 Å². The Kier molecular flexibility index (Phi) is 7.83. The van der Waals surface area contributed by atoms with Crippen LogP contribution in [0.5, 0.6) is 17.2 Å². The molecule has 2 aromatic carbocycles. The topological polar surface area (TPSA) is 112 Å². The molecule has 148 valence electrons. The zero-order valence-corrected chi connectivity index (χ0v) is 15.8. The van der Waals surface area contributed by atoms with Gasteiger partial charge in [0.15, 0.2) is 18.1 Å². The summed E-state index contributed by atoms with van der Waals surface area (Å²) in [5, 5.41) is 3.94. The molecule has 0 saturated carbocycles. The predicted molar refractivity (Wildman–Crippen MR) is 105 cm³/mol. The smallest absolute Gasteiger partial charge is 0.271 e. The maximum absolute atomic E-state index is 12.2. The highest BCUT2D eigenvalue weighted by Gasteiger charge is 2.10. The number of benzene rings is 2. The van der Waals surface area contributed by atoms with Crippen LogP contribution in [0.15, 0.2) is 47.6 Å². The quantitative estimate of drug-likeness (QED) is 0.480. The number of amides is 2. The lowest BCUT2D eigenvalue weighted by Crippen LogP contribution is -2.20. The van der Waals surface area contributed by atoms with Crippen LogP contribution in [0.25, 0.3) is 0 Å². The molecule has 0 aliphatic carbocycles. The number of nitrogens with two attached hydrogens (primary N) is 1. The minimum atomic E-state index is -0.546. The maximum Gasteiger partial charge on any atom is 0.271 e. The highest BCUT2D eigenvalue weighted by atomic mass is 16.5. The van der Waals surface area contributed by atoms with Gasteiger partial charge < -0.3 is 19.9 Å². The second kappa shape index (κ2) is 10.6. The van der Waals surface area contributed by atoms with Crippen molar-refractivity contribution in [2.24, 2.45) is 10.8 Å². The largest absolute Gasteiger partial charge is 0.493 e. The molecule has 0 fully saturated rings. The molecule has 2 aromatic rings. The van der Waals surface area contributed by atoms with Crippen LogP contribution in [0.1, 0.15) is 29.3 Å². The number of carbonyl (C=O) groups is 2. The fourth-order valence-corrected chi connectivity index (χ4v) is 2.17. The third-order valence-corrected chi connectivity index (χ3v) is 3.53. The molecule has 2 amide bonds. The summed E-state index contributed by atoms with van der Waals surface area (Å²) in [7, 11) is 1.52. The van der Waals surface area contributed by atoms with Crippen LogP contribution in [-0.2, 0) is 4.79 Å². The van der Waals surface area contributed by atoms with Gasteiger partial charge >= 0.3 is 0 Å². The molecule has 0 radical (unpaired) electrons. The van der Waals surface area contributed by atoms with Crippen molar-refractivity contribution in [3.8, 4) is 17.2 Å². The number of hydrogen-bond donors (Lipinski definition) is 2. The summed E-state index contributed by atoms with van der Waals surface area (Å²) >= 11 is 0. The molecule has 8 nitrogen and oxygen atoms in total.